The number of Topliss-reactive ketones (excluding diaryl/α,β-unsaturated/α-hetero) is 1. The third-order valence-electron chi connectivity index (χ3n) is 3.46. The lowest BCUT2D eigenvalue weighted by Crippen LogP contribution is -2.04. The fraction of sp³-hybridized carbons (Fsp3) is 0.250. The molecule has 0 saturated carbocycles. The van der Waals surface area contributed by atoms with E-state index in [1.165, 1.54) is 10.1 Å². The van der Waals surface area contributed by atoms with Gasteiger partial charge in [-0.2, -0.15) is 0 Å². The predicted octanol–water partition coefficient (Wildman–Crippen LogP) is 3.99. The average molecular weight is 284 g/mol. The molecule has 0 bridgehead atoms. The van der Waals surface area contributed by atoms with Crippen molar-refractivity contribution in [1.82, 2.24) is 9.55 Å². The van der Waals surface area contributed by atoms with Gasteiger partial charge in [0.15, 0.2) is 5.78 Å². The standard InChI is InChI=1S/C16H16N2OS/c1-11-9-18(10-17-11)8-7-14(19)16-12(2)13-5-3-4-6-15(13)20-16/h3-6,9-10H,7-8H2,1-2H3. The lowest BCUT2D eigenvalue weighted by molar-refractivity contribution is 0.0980. The number of aromatic nitrogens is 2. The highest BCUT2D eigenvalue weighted by atomic mass is 32.1. The number of ketones is 1. The van der Waals surface area contributed by atoms with Crippen LogP contribution in [0.25, 0.3) is 10.1 Å². The number of imidazole rings is 1. The van der Waals surface area contributed by atoms with E-state index in [1.807, 2.05) is 36.7 Å². The number of fused-ring (bicyclic) bond motifs is 1. The quantitative estimate of drug-likeness (QED) is 0.679. The fourth-order valence-electron chi connectivity index (χ4n) is 2.38. The van der Waals surface area contributed by atoms with Crippen LogP contribution in [-0.4, -0.2) is 15.3 Å². The third kappa shape index (κ3) is 2.39. The molecule has 0 unspecified atom stereocenters. The van der Waals surface area contributed by atoms with Gasteiger partial charge in [-0.1, -0.05) is 18.2 Å². The van der Waals surface area contributed by atoms with Gasteiger partial charge in [0.05, 0.1) is 16.9 Å². The van der Waals surface area contributed by atoms with Crippen LogP contribution in [0.5, 0.6) is 0 Å². The van der Waals surface area contributed by atoms with Crippen LogP contribution in [0.15, 0.2) is 36.8 Å². The van der Waals surface area contributed by atoms with Crippen LogP contribution in [0.4, 0.5) is 0 Å². The number of benzene rings is 1. The van der Waals surface area contributed by atoms with Crippen molar-refractivity contribution >= 4 is 27.2 Å². The first-order chi connectivity index (χ1) is 9.65. The summed E-state index contributed by atoms with van der Waals surface area (Å²) in [6, 6.07) is 8.19. The van der Waals surface area contributed by atoms with Crippen LogP contribution in [0.3, 0.4) is 0 Å². The number of carbonyl (C=O) groups is 1. The molecule has 3 rings (SSSR count). The summed E-state index contributed by atoms with van der Waals surface area (Å²) in [5.41, 5.74) is 2.09. The summed E-state index contributed by atoms with van der Waals surface area (Å²) >= 11 is 1.60. The van der Waals surface area contributed by atoms with E-state index >= 15 is 0 Å². The molecule has 20 heavy (non-hydrogen) atoms. The number of aryl methyl sites for hydroxylation is 3. The molecule has 102 valence electrons. The molecule has 0 aliphatic rings. The van der Waals surface area contributed by atoms with Gasteiger partial charge in [0.2, 0.25) is 0 Å². The third-order valence-corrected chi connectivity index (χ3v) is 4.77. The maximum absolute atomic E-state index is 12.4. The van der Waals surface area contributed by atoms with Gasteiger partial charge in [0.25, 0.3) is 0 Å². The summed E-state index contributed by atoms with van der Waals surface area (Å²) in [5.74, 6) is 0.218. The highest BCUT2D eigenvalue weighted by molar-refractivity contribution is 7.21. The Morgan fingerprint density at radius 3 is 2.80 bits per heavy atom. The second kappa shape index (κ2) is 5.21. The molecular formula is C16H16N2OS. The van der Waals surface area contributed by atoms with E-state index in [9.17, 15) is 4.79 Å². The van der Waals surface area contributed by atoms with E-state index in [1.54, 1.807) is 17.7 Å². The zero-order valence-electron chi connectivity index (χ0n) is 11.6. The van der Waals surface area contributed by atoms with Crippen molar-refractivity contribution < 1.29 is 4.79 Å². The number of hydrogen-bond acceptors (Lipinski definition) is 3. The lowest BCUT2D eigenvalue weighted by Gasteiger charge is -2.01. The number of thiophene rings is 1. The van der Waals surface area contributed by atoms with Gasteiger partial charge in [-0.25, -0.2) is 4.98 Å². The van der Waals surface area contributed by atoms with Crippen molar-refractivity contribution in [3.05, 3.63) is 52.9 Å². The molecule has 1 aromatic carbocycles. The highest BCUT2D eigenvalue weighted by Crippen LogP contribution is 2.31. The molecule has 0 atom stereocenters. The van der Waals surface area contributed by atoms with E-state index in [0.717, 1.165) is 16.1 Å². The Hall–Kier alpha value is -1.94. The van der Waals surface area contributed by atoms with E-state index in [0.29, 0.717) is 13.0 Å². The first-order valence-corrected chi connectivity index (χ1v) is 7.46. The van der Waals surface area contributed by atoms with Crippen molar-refractivity contribution in [2.75, 3.05) is 0 Å². The zero-order chi connectivity index (χ0) is 14.1. The summed E-state index contributed by atoms with van der Waals surface area (Å²) in [7, 11) is 0. The minimum Gasteiger partial charge on any atom is -0.337 e. The first kappa shape index (κ1) is 13.1. The van der Waals surface area contributed by atoms with Crippen LogP contribution >= 0.6 is 11.3 Å². The molecule has 4 heteroatoms. The van der Waals surface area contributed by atoms with Gasteiger partial charge < -0.3 is 4.57 Å². The predicted molar refractivity (Wildman–Crippen MR) is 82.5 cm³/mol. The minimum atomic E-state index is 0.218. The van der Waals surface area contributed by atoms with Crippen molar-refractivity contribution in [2.24, 2.45) is 0 Å². The first-order valence-electron chi connectivity index (χ1n) is 6.65. The van der Waals surface area contributed by atoms with Gasteiger partial charge in [-0.05, 0) is 30.9 Å². The Labute approximate surface area is 121 Å². The summed E-state index contributed by atoms with van der Waals surface area (Å²) in [6.45, 7) is 4.68. The Kier molecular flexibility index (Phi) is 3.40. The number of hydrogen-bond donors (Lipinski definition) is 0. The molecule has 3 aromatic rings. The molecule has 0 fully saturated rings. The fourth-order valence-corrected chi connectivity index (χ4v) is 3.56. The molecule has 2 heterocycles. The van der Waals surface area contributed by atoms with Crippen LogP contribution in [0.2, 0.25) is 0 Å². The Morgan fingerprint density at radius 1 is 1.30 bits per heavy atom. The van der Waals surface area contributed by atoms with Gasteiger partial charge in [-0.15, -0.1) is 11.3 Å². The molecule has 0 radical (unpaired) electrons. The molecule has 0 aliphatic heterocycles. The summed E-state index contributed by atoms with van der Waals surface area (Å²) in [4.78, 5) is 17.5. The Bertz CT molecular complexity index is 770. The normalized spacial score (nSPS) is 11.1. The van der Waals surface area contributed by atoms with Gasteiger partial charge >= 0.3 is 0 Å². The van der Waals surface area contributed by atoms with Gasteiger partial charge in [0.1, 0.15) is 0 Å². The van der Waals surface area contributed by atoms with E-state index in [-0.39, 0.29) is 5.78 Å². The second-order valence-electron chi connectivity index (χ2n) is 4.98. The number of rotatable bonds is 4. The van der Waals surface area contributed by atoms with Crippen LogP contribution in [0, 0.1) is 13.8 Å². The largest absolute Gasteiger partial charge is 0.337 e. The molecule has 0 N–H and O–H groups in total. The molecule has 2 aromatic heterocycles. The highest BCUT2D eigenvalue weighted by Gasteiger charge is 2.14. The summed E-state index contributed by atoms with van der Waals surface area (Å²) < 4.78 is 3.16. The Balaban J connectivity index is 1.80. The van der Waals surface area contributed by atoms with Crippen LogP contribution < -0.4 is 0 Å². The summed E-state index contributed by atoms with van der Waals surface area (Å²) in [6.07, 6.45) is 4.26. The summed E-state index contributed by atoms with van der Waals surface area (Å²) in [5, 5.41) is 1.19. The lowest BCUT2D eigenvalue weighted by atomic mass is 10.1. The minimum absolute atomic E-state index is 0.218. The molecule has 0 spiro atoms. The van der Waals surface area contributed by atoms with Crippen molar-refractivity contribution in [3.63, 3.8) is 0 Å². The molecular weight excluding hydrogens is 268 g/mol. The average Bonchev–Trinajstić information content (AvgIpc) is 3.01. The molecule has 0 amide bonds. The van der Waals surface area contributed by atoms with E-state index in [2.05, 4.69) is 17.1 Å². The maximum Gasteiger partial charge on any atom is 0.174 e. The SMILES string of the molecule is Cc1cn(CCC(=O)c2sc3ccccc3c2C)cn1. The van der Waals surface area contributed by atoms with Gasteiger partial charge in [0, 0.05) is 23.9 Å². The maximum atomic E-state index is 12.4. The smallest absolute Gasteiger partial charge is 0.174 e. The number of nitrogens with zero attached hydrogens (tertiary/aromatic N) is 2. The monoisotopic (exact) mass is 284 g/mol. The molecule has 3 nitrogen and oxygen atoms in total. The zero-order valence-corrected chi connectivity index (χ0v) is 12.4. The molecule has 0 saturated heterocycles. The Morgan fingerprint density at radius 2 is 2.10 bits per heavy atom. The van der Waals surface area contributed by atoms with Gasteiger partial charge in [-0.3, -0.25) is 4.79 Å². The van der Waals surface area contributed by atoms with E-state index in [4.69, 9.17) is 0 Å². The van der Waals surface area contributed by atoms with Crippen LogP contribution in [0.1, 0.15) is 27.3 Å². The van der Waals surface area contributed by atoms with Crippen molar-refractivity contribution in [3.8, 4) is 0 Å². The second-order valence-corrected chi connectivity index (χ2v) is 6.03. The topological polar surface area (TPSA) is 34.9 Å². The molecule has 0 aliphatic carbocycles. The van der Waals surface area contributed by atoms with Crippen molar-refractivity contribution in [1.29, 1.82) is 0 Å². The van der Waals surface area contributed by atoms with E-state index < -0.39 is 0 Å². The number of carbonyl (C=O) groups excluding carboxylic acids is 1. The van der Waals surface area contributed by atoms with Crippen LogP contribution in [-0.2, 0) is 6.54 Å². The van der Waals surface area contributed by atoms with Crippen molar-refractivity contribution in [2.45, 2.75) is 26.8 Å².